The third-order valence-electron chi connectivity index (χ3n) is 4.36. The van der Waals surface area contributed by atoms with Gasteiger partial charge in [-0.3, -0.25) is 4.79 Å². The van der Waals surface area contributed by atoms with Gasteiger partial charge < -0.3 is 20.5 Å². The van der Waals surface area contributed by atoms with Gasteiger partial charge in [0, 0.05) is 18.2 Å². The van der Waals surface area contributed by atoms with Crippen molar-refractivity contribution in [3.8, 4) is 11.5 Å². The first-order chi connectivity index (χ1) is 12.0. The van der Waals surface area contributed by atoms with Crippen LogP contribution < -0.4 is 20.5 Å². The molecule has 5 heteroatoms. The van der Waals surface area contributed by atoms with Gasteiger partial charge in [-0.1, -0.05) is 32.0 Å². The van der Waals surface area contributed by atoms with Gasteiger partial charge in [-0.15, -0.1) is 0 Å². The number of benzene rings is 2. The average Bonchev–Trinajstić information content (AvgIpc) is 2.62. The molecule has 1 aliphatic rings. The van der Waals surface area contributed by atoms with Crippen molar-refractivity contribution in [2.24, 2.45) is 11.7 Å². The molecule has 2 aromatic rings. The first-order valence-corrected chi connectivity index (χ1v) is 8.56. The van der Waals surface area contributed by atoms with E-state index in [1.165, 1.54) is 5.56 Å². The van der Waals surface area contributed by atoms with Crippen LogP contribution in [0.25, 0.3) is 0 Å². The molecule has 3 rings (SSSR count). The second-order valence-electron chi connectivity index (χ2n) is 6.57. The lowest BCUT2D eigenvalue weighted by atomic mass is 9.95. The molecule has 2 aromatic carbocycles. The molecule has 0 unspecified atom stereocenters. The minimum atomic E-state index is -0.407. The second kappa shape index (κ2) is 7.57. The SMILES string of the molecule is CC(C)[C@H](NCc1ccc(C(N)=O)cc1)c1ccc2c(c1)OCCO2. The molecule has 3 N–H and O–H groups in total. The first kappa shape index (κ1) is 17.3. The molecular formula is C20H24N2O3. The van der Waals surface area contributed by atoms with Gasteiger partial charge >= 0.3 is 0 Å². The molecular weight excluding hydrogens is 316 g/mol. The molecule has 132 valence electrons. The maximum absolute atomic E-state index is 11.2. The number of nitrogens with one attached hydrogen (secondary N) is 1. The molecule has 0 aliphatic carbocycles. The summed E-state index contributed by atoms with van der Waals surface area (Å²) in [6, 6.07) is 13.7. The summed E-state index contributed by atoms with van der Waals surface area (Å²) in [7, 11) is 0. The summed E-state index contributed by atoms with van der Waals surface area (Å²) in [5.41, 5.74) is 8.08. The van der Waals surface area contributed by atoms with Crippen molar-refractivity contribution >= 4 is 5.91 Å². The van der Waals surface area contributed by atoms with E-state index in [9.17, 15) is 4.79 Å². The summed E-state index contributed by atoms with van der Waals surface area (Å²) in [6.07, 6.45) is 0. The molecule has 1 aliphatic heterocycles. The van der Waals surface area contributed by atoms with Gasteiger partial charge in [0.05, 0.1) is 0 Å². The highest BCUT2D eigenvalue weighted by Gasteiger charge is 2.19. The van der Waals surface area contributed by atoms with Crippen LogP contribution >= 0.6 is 0 Å². The third kappa shape index (κ3) is 4.12. The van der Waals surface area contributed by atoms with Crippen LogP contribution in [0, 0.1) is 5.92 Å². The van der Waals surface area contributed by atoms with Gasteiger partial charge in [-0.2, -0.15) is 0 Å². The van der Waals surface area contributed by atoms with E-state index in [0.717, 1.165) is 17.1 Å². The monoisotopic (exact) mass is 340 g/mol. The minimum absolute atomic E-state index is 0.187. The maximum atomic E-state index is 11.2. The Kier molecular flexibility index (Phi) is 5.24. The summed E-state index contributed by atoms with van der Waals surface area (Å²) in [6.45, 7) is 6.26. The van der Waals surface area contributed by atoms with Crippen molar-refractivity contribution in [1.29, 1.82) is 0 Å². The van der Waals surface area contributed by atoms with Crippen molar-refractivity contribution < 1.29 is 14.3 Å². The molecule has 0 radical (unpaired) electrons. The Morgan fingerprint density at radius 1 is 1.08 bits per heavy atom. The number of carbonyl (C=O) groups is 1. The van der Waals surface area contributed by atoms with Crippen LogP contribution in [0.3, 0.4) is 0 Å². The van der Waals surface area contributed by atoms with Crippen LogP contribution in [0.15, 0.2) is 42.5 Å². The minimum Gasteiger partial charge on any atom is -0.486 e. The molecule has 1 amide bonds. The van der Waals surface area contributed by atoms with E-state index in [4.69, 9.17) is 15.2 Å². The summed E-state index contributed by atoms with van der Waals surface area (Å²) in [4.78, 5) is 11.2. The number of hydrogen-bond donors (Lipinski definition) is 2. The van der Waals surface area contributed by atoms with E-state index >= 15 is 0 Å². The predicted molar refractivity (Wildman–Crippen MR) is 96.8 cm³/mol. The van der Waals surface area contributed by atoms with Crippen LogP contribution in [0.4, 0.5) is 0 Å². The lowest BCUT2D eigenvalue weighted by molar-refractivity contribution is 0.100. The molecule has 0 spiro atoms. The molecule has 1 atom stereocenters. The number of rotatable bonds is 6. The Morgan fingerprint density at radius 2 is 1.76 bits per heavy atom. The van der Waals surface area contributed by atoms with Gasteiger partial charge in [0.15, 0.2) is 11.5 Å². The highest BCUT2D eigenvalue weighted by molar-refractivity contribution is 5.92. The number of ether oxygens (including phenoxy) is 2. The van der Waals surface area contributed by atoms with Crippen LogP contribution in [0.5, 0.6) is 11.5 Å². The van der Waals surface area contributed by atoms with E-state index < -0.39 is 5.91 Å². The number of nitrogens with two attached hydrogens (primary N) is 1. The lowest BCUT2D eigenvalue weighted by Gasteiger charge is -2.25. The largest absolute Gasteiger partial charge is 0.486 e. The van der Waals surface area contributed by atoms with E-state index in [-0.39, 0.29) is 6.04 Å². The van der Waals surface area contributed by atoms with Gasteiger partial charge in [-0.05, 0) is 41.3 Å². The molecule has 0 bridgehead atoms. The zero-order valence-corrected chi connectivity index (χ0v) is 14.6. The van der Waals surface area contributed by atoms with Crippen LogP contribution in [0.1, 0.15) is 41.4 Å². The van der Waals surface area contributed by atoms with Crippen molar-refractivity contribution in [3.63, 3.8) is 0 Å². The number of fused-ring (bicyclic) bond motifs is 1. The number of hydrogen-bond acceptors (Lipinski definition) is 4. The Bertz CT molecular complexity index is 741. The van der Waals surface area contributed by atoms with Gasteiger partial charge in [0.25, 0.3) is 0 Å². The topological polar surface area (TPSA) is 73.6 Å². The van der Waals surface area contributed by atoms with E-state index in [1.54, 1.807) is 12.1 Å². The maximum Gasteiger partial charge on any atom is 0.248 e. The lowest BCUT2D eigenvalue weighted by Crippen LogP contribution is -2.26. The fourth-order valence-electron chi connectivity index (χ4n) is 3.01. The third-order valence-corrected chi connectivity index (χ3v) is 4.36. The Hall–Kier alpha value is -2.53. The highest BCUT2D eigenvalue weighted by Crippen LogP contribution is 2.34. The molecule has 0 saturated carbocycles. The Morgan fingerprint density at radius 3 is 2.40 bits per heavy atom. The molecule has 5 nitrogen and oxygen atoms in total. The van der Waals surface area contributed by atoms with Crippen LogP contribution in [-0.4, -0.2) is 19.1 Å². The summed E-state index contributed by atoms with van der Waals surface area (Å²) in [5.74, 6) is 1.62. The molecule has 25 heavy (non-hydrogen) atoms. The van der Waals surface area contributed by atoms with E-state index in [0.29, 0.717) is 31.2 Å². The predicted octanol–water partition coefficient (Wildman–Crippen LogP) is 3.04. The van der Waals surface area contributed by atoms with Gasteiger partial charge in [0.1, 0.15) is 13.2 Å². The average molecular weight is 340 g/mol. The smallest absolute Gasteiger partial charge is 0.248 e. The molecule has 1 heterocycles. The quantitative estimate of drug-likeness (QED) is 0.848. The van der Waals surface area contributed by atoms with Crippen LogP contribution in [-0.2, 0) is 6.54 Å². The zero-order valence-electron chi connectivity index (χ0n) is 14.6. The van der Waals surface area contributed by atoms with Gasteiger partial charge in [-0.25, -0.2) is 0 Å². The number of carbonyl (C=O) groups excluding carboxylic acids is 1. The van der Waals surface area contributed by atoms with Crippen molar-refractivity contribution in [2.75, 3.05) is 13.2 Å². The first-order valence-electron chi connectivity index (χ1n) is 8.56. The van der Waals surface area contributed by atoms with E-state index in [1.807, 2.05) is 18.2 Å². The Labute approximate surface area is 148 Å². The fourth-order valence-corrected chi connectivity index (χ4v) is 3.01. The summed E-state index contributed by atoms with van der Waals surface area (Å²) < 4.78 is 11.3. The van der Waals surface area contributed by atoms with Crippen molar-refractivity contribution in [2.45, 2.75) is 26.4 Å². The molecule has 0 fully saturated rings. The fraction of sp³-hybridized carbons (Fsp3) is 0.350. The summed E-state index contributed by atoms with van der Waals surface area (Å²) in [5, 5.41) is 3.59. The Balaban J connectivity index is 1.72. The number of primary amides is 1. The second-order valence-corrected chi connectivity index (χ2v) is 6.57. The van der Waals surface area contributed by atoms with Crippen molar-refractivity contribution in [1.82, 2.24) is 5.32 Å². The zero-order chi connectivity index (χ0) is 17.8. The summed E-state index contributed by atoms with van der Waals surface area (Å²) >= 11 is 0. The van der Waals surface area contributed by atoms with Crippen LogP contribution in [0.2, 0.25) is 0 Å². The molecule has 0 saturated heterocycles. The highest BCUT2D eigenvalue weighted by atomic mass is 16.6. The van der Waals surface area contributed by atoms with Gasteiger partial charge in [0.2, 0.25) is 5.91 Å². The van der Waals surface area contributed by atoms with E-state index in [2.05, 4.69) is 31.3 Å². The standard InChI is InChI=1S/C20H24N2O3/c1-13(2)19(16-7-8-17-18(11-16)25-10-9-24-17)22-12-14-3-5-15(6-4-14)20(21)23/h3-8,11,13,19,22H,9-10,12H2,1-2H3,(H2,21,23)/t19-/m0/s1. The normalized spacial score (nSPS) is 14.4. The number of amides is 1. The van der Waals surface area contributed by atoms with Crippen molar-refractivity contribution in [3.05, 3.63) is 59.2 Å². The molecule has 0 aromatic heterocycles.